The summed E-state index contributed by atoms with van der Waals surface area (Å²) in [5, 5.41) is 11.7. The first kappa shape index (κ1) is 19.8. The molecule has 1 N–H and O–H groups in total. The van der Waals surface area contributed by atoms with Gasteiger partial charge in [0.2, 0.25) is 0 Å². The molecule has 1 aromatic carbocycles. The number of aliphatic imine (C=N–C) groups is 1. The first-order chi connectivity index (χ1) is 12.5. The number of hydrogen-bond acceptors (Lipinski definition) is 4. The van der Waals surface area contributed by atoms with Gasteiger partial charge in [0, 0.05) is 20.6 Å². The van der Waals surface area contributed by atoms with Crippen molar-refractivity contribution in [3.8, 4) is 5.75 Å². The number of methoxy groups -OCH3 is 1. The van der Waals surface area contributed by atoms with E-state index in [4.69, 9.17) is 9.73 Å². The summed E-state index contributed by atoms with van der Waals surface area (Å²) >= 11 is 0. The minimum Gasteiger partial charge on any atom is -0.497 e. The van der Waals surface area contributed by atoms with Gasteiger partial charge < -0.3 is 19.5 Å². The van der Waals surface area contributed by atoms with Gasteiger partial charge in [-0.3, -0.25) is 0 Å². The van der Waals surface area contributed by atoms with E-state index in [-0.39, 0.29) is 0 Å². The van der Waals surface area contributed by atoms with Crippen molar-refractivity contribution in [2.24, 2.45) is 12.0 Å². The fraction of sp³-hybridized carbons (Fsp3) is 0.526. The van der Waals surface area contributed by atoms with Crippen molar-refractivity contribution < 1.29 is 4.74 Å². The molecule has 0 amide bonds. The quantitative estimate of drug-likeness (QED) is 0.580. The lowest BCUT2D eigenvalue weighted by molar-refractivity contribution is 0.414. The molecule has 142 valence electrons. The van der Waals surface area contributed by atoms with E-state index in [9.17, 15) is 0 Å². The van der Waals surface area contributed by atoms with Crippen LogP contribution in [-0.2, 0) is 20.1 Å². The Morgan fingerprint density at radius 2 is 2.00 bits per heavy atom. The second kappa shape index (κ2) is 9.79. The first-order valence-electron chi connectivity index (χ1n) is 9.02. The second-order valence-corrected chi connectivity index (χ2v) is 6.34. The summed E-state index contributed by atoms with van der Waals surface area (Å²) in [6.07, 6.45) is 2.28. The Kier molecular flexibility index (Phi) is 7.44. The van der Waals surface area contributed by atoms with Crippen LogP contribution < -0.4 is 10.1 Å². The maximum absolute atomic E-state index is 5.21. The number of aryl methyl sites for hydroxylation is 1. The van der Waals surface area contributed by atoms with E-state index in [2.05, 4.69) is 34.4 Å². The van der Waals surface area contributed by atoms with Crippen molar-refractivity contribution in [1.82, 2.24) is 25.0 Å². The molecule has 1 aromatic heterocycles. The number of rotatable bonds is 8. The topological polar surface area (TPSA) is 67.6 Å². The normalized spacial score (nSPS) is 11.5. The van der Waals surface area contributed by atoms with E-state index in [1.54, 1.807) is 7.11 Å². The van der Waals surface area contributed by atoms with E-state index in [1.807, 2.05) is 42.8 Å². The summed E-state index contributed by atoms with van der Waals surface area (Å²) in [6, 6.07) is 8.00. The summed E-state index contributed by atoms with van der Waals surface area (Å²) in [7, 11) is 5.71. The summed E-state index contributed by atoms with van der Waals surface area (Å²) in [4.78, 5) is 6.95. The Hall–Kier alpha value is -2.57. The Balaban J connectivity index is 2.06. The average Bonchev–Trinajstić information content (AvgIpc) is 2.98. The molecule has 2 rings (SSSR count). The van der Waals surface area contributed by atoms with Crippen molar-refractivity contribution in [2.75, 3.05) is 20.7 Å². The summed E-state index contributed by atoms with van der Waals surface area (Å²) in [5.41, 5.74) is 1.14. The predicted octanol–water partition coefficient (Wildman–Crippen LogP) is 2.51. The minimum absolute atomic E-state index is 0.593. The van der Waals surface area contributed by atoms with Crippen molar-refractivity contribution in [3.05, 3.63) is 41.5 Å². The molecule has 7 heteroatoms. The van der Waals surface area contributed by atoms with E-state index in [0.29, 0.717) is 13.1 Å². The molecule has 0 saturated heterocycles. The standard InChI is InChI=1S/C19H30N6O/c1-6-7-12-24(3)19(21-14-18-23-22-15(2)25(18)4)20-13-16-8-10-17(26-5)11-9-16/h8-11H,6-7,12-14H2,1-5H3,(H,20,21). The number of nitrogens with zero attached hydrogens (tertiary/aromatic N) is 5. The fourth-order valence-electron chi connectivity index (χ4n) is 2.47. The molecule has 0 fully saturated rings. The van der Waals surface area contributed by atoms with Gasteiger partial charge in [-0.25, -0.2) is 4.99 Å². The van der Waals surface area contributed by atoms with Crippen LogP contribution in [0, 0.1) is 6.92 Å². The average molecular weight is 358 g/mol. The number of aromatic nitrogens is 3. The maximum Gasteiger partial charge on any atom is 0.194 e. The van der Waals surface area contributed by atoms with Crippen LogP contribution in [0.2, 0.25) is 0 Å². The molecular formula is C19H30N6O. The van der Waals surface area contributed by atoms with Crippen LogP contribution in [0.4, 0.5) is 0 Å². The molecule has 26 heavy (non-hydrogen) atoms. The molecule has 0 saturated carbocycles. The third-order valence-electron chi connectivity index (χ3n) is 4.37. The van der Waals surface area contributed by atoms with Crippen LogP contribution in [-0.4, -0.2) is 46.3 Å². The number of hydrogen-bond donors (Lipinski definition) is 1. The number of ether oxygens (including phenoxy) is 1. The van der Waals surface area contributed by atoms with Gasteiger partial charge in [0.1, 0.15) is 11.6 Å². The number of unbranched alkanes of at least 4 members (excludes halogenated alkanes) is 1. The zero-order valence-corrected chi connectivity index (χ0v) is 16.5. The molecule has 0 aliphatic carbocycles. The van der Waals surface area contributed by atoms with Gasteiger partial charge in [0.05, 0.1) is 20.2 Å². The Bertz CT molecular complexity index is 707. The third kappa shape index (κ3) is 5.47. The van der Waals surface area contributed by atoms with Gasteiger partial charge in [-0.2, -0.15) is 0 Å². The largest absolute Gasteiger partial charge is 0.497 e. The van der Waals surface area contributed by atoms with Crippen molar-refractivity contribution >= 4 is 5.96 Å². The van der Waals surface area contributed by atoms with Crippen LogP contribution in [0.1, 0.15) is 37.0 Å². The highest BCUT2D eigenvalue weighted by Crippen LogP contribution is 2.12. The molecule has 0 aliphatic rings. The van der Waals surface area contributed by atoms with Crippen LogP contribution in [0.5, 0.6) is 5.75 Å². The van der Waals surface area contributed by atoms with E-state index < -0.39 is 0 Å². The van der Waals surface area contributed by atoms with Crippen molar-refractivity contribution in [3.63, 3.8) is 0 Å². The lowest BCUT2D eigenvalue weighted by atomic mass is 10.2. The smallest absolute Gasteiger partial charge is 0.194 e. The molecule has 0 atom stereocenters. The third-order valence-corrected chi connectivity index (χ3v) is 4.37. The van der Waals surface area contributed by atoms with Crippen LogP contribution >= 0.6 is 0 Å². The number of nitrogens with one attached hydrogen (secondary N) is 1. The Labute approximate surface area is 156 Å². The molecule has 0 radical (unpaired) electrons. The first-order valence-corrected chi connectivity index (χ1v) is 9.02. The molecule has 0 unspecified atom stereocenters. The van der Waals surface area contributed by atoms with E-state index in [0.717, 1.165) is 48.3 Å². The number of benzene rings is 1. The molecule has 1 heterocycles. The van der Waals surface area contributed by atoms with Crippen molar-refractivity contribution in [1.29, 1.82) is 0 Å². The van der Waals surface area contributed by atoms with Crippen LogP contribution in [0.3, 0.4) is 0 Å². The molecule has 7 nitrogen and oxygen atoms in total. The Morgan fingerprint density at radius 1 is 1.27 bits per heavy atom. The van der Waals surface area contributed by atoms with Gasteiger partial charge in [-0.15, -0.1) is 10.2 Å². The van der Waals surface area contributed by atoms with Gasteiger partial charge in [0.15, 0.2) is 11.8 Å². The molecular weight excluding hydrogens is 328 g/mol. The van der Waals surface area contributed by atoms with Crippen LogP contribution in [0.25, 0.3) is 0 Å². The number of guanidine groups is 1. The lowest BCUT2D eigenvalue weighted by Gasteiger charge is -2.22. The molecule has 0 aliphatic heterocycles. The minimum atomic E-state index is 0.593. The molecule has 0 spiro atoms. The summed E-state index contributed by atoms with van der Waals surface area (Å²) < 4.78 is 7.19. The van der Waals surface area contributed by atoms with Gasteiger partial charge in [-0.05, 0) is 31.0 Å². The predicted molar refractivity (Wildman–Crippen MR) is 104 cm³/mol. The molecule has 0 bridgehead atoms. The lowest BCUT2D eigenvalue weighted by Crippen LogP contribution is -2.39. The summed E-state index contributed by atoms with van der Waals surface area (Å²) in [6.45, 7) is 6.30. The fourth-order valence-corrected chi connectivity index (χ4v) is 2.47. The zero-order chi connectivity index (χ0) is 18.9. The van der Waals surface area contributed by atoms with Crippen molar-refractivity contribution in [2.45, 2.75) is 39.8 Å². The monoisotopic (exact) mass is 358 g/mol. The molecule has 2 aromatic rings. The SMILES string of the molecule is CCCCN(C)C(=NCc1ccc(OC)cc1)NCc1nnc(C)n1C. The highest BCUT2D eigenvalue weighted by Gasteiger charge is 2.09. The second-order valence-electron chi connectivity index (χ2n) is 6.34. The van der Waals surface area contributed by atoms with E-state index in [1.165, 1.54) is 0 Å². The Morgan fingerprint density at radius 3 is 2.58 bits per heavy atom. The highest BCUT2D eigenvalue weighted by molar-refractivity contribution is 5.79. The zero-order valence-electron chi connectivity index (χ0n) is 16.5. The van der Waals surface area contributed by atoms with Gasteiger partial charge in [0.25, 0.3) is 0 Å². The summed E-state index contributed by atoms with van der Waals surface area (Å²) in [5.74, 6) is 3.52. The van der Waals surface area contributed by atoms with Gasteiger partial charge >= 0.3 is 0 Å². The maximum atomic E-state index is 5.21. The highest BCUT2D eigenvalue weighted by atomic mass is 16.5. The van der Waals surface area contributed by atoms with E-state index >= 15 is 0 Å². The van der Waals surface area contributed by atoms with Gasteiger partial charge in [-0.1, -0.05) is 25.5 Å². The van der Waals surface area contributed by atoms with Crippen LogP contribution in [0.15, 0.2) is 29.3 Å².